The lowest BCUT2D eigenvalue weighted by molar-refractivity contribution is -0.155. The van der Waals surface area contributed by atoms with Gasteiger partial charge in [-0.1, -0.05) is 22.0 Å². The molecule has 3 unspecified atom stereocenters. The molecule has 0 aromatic rings. The zero-order valence-corrected chi connectivity index (χ0v) is 20.8. The Kier molecular flexibility index (Phi) is 8.04. The minimum Gasteiger partial charge on any atom is -0.466 e. The van der Waals surface area contributed by atoms with Gasteiger partial charge in [0.15, 0.2) is 0 Å². The molecule has 3 saturated heterocycles. The van der Waals surface area contributed by atoms with Gasteiger partial charge in [0.1, 0.15) is 11.6 Å². The Hall–Kier alpha value is -1.45. The van der Waals surface area contributed by atoms with Crippen molar-refractivity contribution in [2.45, 2.75) is 75.1 Å². The molecule has 3 rings (SSSR count). The second kappa shape index (κ2) is 10.2. The molecule has 3 aliphatic rings. The molecule has 2 bridgehead atoms. The third-order valence-corrected chi connectivity index (χ3v) is 7.72. The van der Waals surface area contributed by atoms with Crippen LogP contribution in [0.5, 0.6) is 0 Å². The quantitative estimate of drug-likeness (QED) is 0.196. The molecule has 3 aliphatic heterocycles. The molecule has 180 valence electrons. The van der Waals surface area contributed by atoms with Gasteiger partial charge in [0.05, 0.1) is 24.5 Å². The number of halogens is 1. The number of nitrogens with zero attached hydrogens (tertiary/aromatic N) is 2. The number of rotatable bonds is 11. The van der Waals surface area contributed by atoms with E-state index < -0.39 is 35.6 Å². The lowest BCUT2D eigenvalue weighted by atomic mass is 9.70. The third kappa shape index (κ3) is 4.12. The number of ether oxygens (including phenoxy) is 2. The number of hydrogen-bond acceptors (Lipinski definition) is 6. The van der Waals surface area contributed by atoms with E-state index in [0.29, 0.717) is 32.4 Å². The SMILES string of the molecule is C=CCN(C(=O)C1N(CCCCCO)C(=O)[C@@H]2[C@@H](C(=O)OCC)[C@@H]3OC12CC3Br)C(C)C. The van der Waals surface area contributed by atoms with Gasteiger partial charge in [0.25, 0.3) is 0 Å². The van der Waals surface area contributed by atoms with Gasteiger partial charge in [-0.3, -0.25) is 14.4 Å². The summed E-state index contributed by atoms with van der Waals surface area (Å²) in [4.78, 5) is 43.6. The van der Waals surface area contributed by atoms with Crippen molar-refractivity contribution in [1.29, 1.82) is 0 Å². The summed E-state index contributed by atoms with van der Waals surface area (Å²) >= 11 is 3.64. The number of likely N-dealkylation sites (tertiary alicyclic amines) is 1. The molecule has 0 saturated carbocycles. The van der Waals surface area contributed by atoms with E-state index in [1.807, 2.05) is 13.8 Å². The van der Waals surface area contributed by atoms with E-state index in [1.54, 1.807) is 22.8 Å². The van der Waals surface area contributed by atoms with Crippen LogP contribution in [0.25, 0.3) is 0 Å². The van der Waals surface area contributed by atoms with Gasteiger partial charge in [-0.05, 0) is 46.5 Å². The fraction of sp³-hybridized carbons (Fsp3) is 0.783. The highest BCUT2D eigenvalue weighted by atomic mass is 79.9. The van der Waals surface area contributed by atoms with Gasteiger partial charge in [0, 0.05) is 30.6 Å². The molecule has 8 nitrogen and oxygen atoms in total. The van der Waals surface area contributed by atoms with Crippen LogP contribution < -0.4 is 0 Å². The van der Waals surface area contributed by atoms with Crippen LogP contribution in [0.15, 0.2) is 12.7 Å². The molecule has 6 atom stereocenters. The molecule has 9 heteroatoms. The number of unbranched alkanes of at least 4 members (excludes halogenated alkanes) is 2. The van der Waals surface area contributed by atoms with Crippen molar-refractivity contribution in [2.24, 2.45) is 11.8 Å². The molecular weight excluding hydrogens is 480 g/mol. The van der Waals surface area contributed by atoms with Crippen LogP contribution in [0, 0.1) is 11.8 Å². The van der Waals surface area contributed by atoms with Crippen molar-refractivity contribution in [3.63, 3.8) is 0 Å². The van der Waals surface area contributed by atoms with E-state index in [9.17, 15) is 14.4 Å². The minimum atomic E-state index is -1.06. The number of aliphatic hydroxyl groups is 1. The summed E-state index contributed by atoms with van der Waals surface area (Å²) in [5.41, 5.74) is -1.06. The topological polar surface area (TPSA) is 96.4 Å². The van der Waals surface area contributed by atoms with Crippen LogP contribution in [0.1, 0.15) is 46.5 Å². The molecular formula is C23H35BrN2O6. The lowest BCUT2D eigenvalue weighted by Crippen LogP contribution is -2.58. The van der Waals surface area contributed by atoms with E-state index in [-0.39, 0.29) is 35.9 Å². The van der Waals surface area contributed by atoms with Crippen molar-refractivity contribution in [3.05, 3.63) is 12.7 Å². The number of fused-ring (bicyclic) bond motifs is 1. The minimum absolute atomic E-state index is 0.0819. The lowest BCUT2D eigenvalue weighted by Gasteiger charge is -2.38. The highest BCUT2D eigenvalue weighted by Crippen LogP contribution is 2.60. The number of carbonyl (C=O) groups excluding carboxylic acids is 3. The first-order valence-electron chi connectivity index (χ1n) is 11.6. The molecule has 0 aromatic carbocycles. The Labute approximate surface area is 198 Å². The van der Waals surface area contributed by atoms with Crippen molar-refractivity contribution in [1.82, 2.24) is 9.80 Å². The van der Waals surface area contributed by atoms with E-state index in [0.717, 1.165) is 6.42 Å². The summed E-state index contributed by atoms with van der Waals surface area (Å²) in [7, 11) is 0. The molecule has 3 fully saturated rings. The monoisotopic (exact) mass is 514 g/mol. The predicted molar refractivity (Wildman–Crippen MR) is 122 cm³/mol. The van der Waals surface area contributed by atoms with E-state index in [1.165, 1.54) is 0 Å². The molecule has 0 aliphatic carbocycles. The van der Waals surface area contributed by atoms with E-state index in [2.05, 4.69) is 22.5 Å². The molecule has 32 heavy (non-hydrogen) atoms. The Morgan fingerprint density at radius 1 is 1.41 bits per heavy atom. The number of alkyl halides is 1. The fourth-order valence-corrected chi connectivity index (χ4v) is 6.52. The summed E-state index contributed by atoms with van der Waals surface area (Å²) in [6, 6.07) is -0.887. The molecule has 0 aromatic heterocycles. The van der Waals surface area contributed by atoms with Gasteiger partial charge in [-0.25, -0.2) is 0 Å². The Morgan fingerprint density at radius 2 is 2.12 bits per heavy atom. The van der Waals surface area contributed by atoms with Gasteiger partial charge in [0.2, 0.25) is 11.8 Å². The average molecular weight is 515 g/mol. The number of amides is 2. The van der Waals surface area contributed by atoms with Crippen molar-refractivity contribution < 1.29 is 29.0 Å². The normalized spacial score (nSPS) is 33.0. The Balaban J connectivity index is 2.01. The molecule has 3 heterocycles. The number of aliphatic hydroxyl groups excluding tert-OH is 1. The number of esters is 1. The summed E-state index contributed by atoms with van der Waals surface area (Å²) in [5, 5.41) is 9.11. The third-order valence-electron chi connectivity index (χ3n) is 6.87. The van der Waals surface area contributed by atoms with Crippen LogP contribution in [0.2, 0.25) is 0 Å². The highest BCUT2D eigenvalue weighted by Gasteiger charge is 2.77. The molecule has 0 radical (unpaired) electrons. The molecule has 2 amide bonds. The van der Waals surface area contributed by atoms with Crippen molar-refractivity contribution in [3.8, 4) is 0 Å². The summed E-state index contributed by atoms with van der Waals surface area (Å²) in [6.07, 6.45) is 3.70. The first-order chi connectivity index (χ1) is 15.2. The van der Waals surface area contributed by atoms with Gasteiger partial charge in [-0.15, -0.1) is 6.58 Å². The zero-order chi connectivity index (χ0) is 23.6. The van der Waals surface area contributed by atoms with Crippen LogP contribution in [0.4, 0.5) is 0 Å². The Morgan fingerprint density at radius 3 is 2.72 bits per heavy atom. The van der Waals surface area contributed by atoms with Gasteiger partial charge < -0.3 is 24.4 Å². The second-order valence-corrected chi connectivity index (χ2v) is 10.3. The fourth-order valence-electron chi connectivity index (χ4n) is 5.58. The van der Waals surface area contributed by atoms with Crippen molar-refractivity contribution >= 4 is 33.7 Å². The number of hydrogen-bond donors (Lipinski definition) is 1. The Bertz CT molecular complexity index is 746. The maximum absolute atomic E-state index is 13.9. The maximum Gasteiger partial charge on any atom is 0.312 e. The number of carbonyl (C=O) groups is 3. The van der Waals surface area contributed by atoms with Crippen molar-refractivity contribution in [2.75, 3.05) is 26.3 Å². The van der Waals surface area contributed by atoms with Crippen LogP contribution in [-0.2, 0) is 23.9 Å². The first kappa shape index (κ1) is 25.2. The second-order valence-electron chi connectivity index (χ2n) is 9.10. The van der Waals surface area contributed by atoms with E-state index >= 15 is 0 Å². The van der Waals surface area contributed by atoms with Crippen LogP contribution >= 0.6 is 15.9 Å². The summed E-state index contributed by atoms with van der Waals surface area (Å²) in [5.74, 6) is -2.30. The molecule has 1 N–H and O–H groups in total. The highest BCUT2D eigenvalue weighted by molar-refractivity contribution is 9.09. The predicted octanol–water partition coefficient (Wildman–Crippen LogP) is 1.88. The smallest absolute Gasteiger partial charge is 0.312 e. The largest absolute Gasteiger partial charge is 0.466 e. The van der Waals surface area contributed by atoms with E-state index in [4.69, 9.17) is 14.6 Å². The first-order valence-corrected chi connectivity index (χ1v) is 12.5. The summed E-state index contributed by atoms with van der Waals surface area (Å²) < 4.78 is 11.7. The van der Waals surface area contributed by atoms with Crippen LogP contribution in [0.3, 0.4) is 0 Å². The standard InChI is InChI=1S/C23H35BrN2O6/c1-5-10-25(14(3)4)21(29)19-23-13-15(24)18(32-23)16(22(30)31-6-2)17(23)20(28)26(19)11-8-7-9-12-27/h5,14-19,27H,1,6-13H2,2-4H3/t15?,16-,17+,18-,19?,23?/m1/s1. The van der Waals surface area contributed by atoms with Gasteiger partial charge >= 0.3 is 5.97 Å². The zero-order valence-electron chi connectivity index (χ0n) is 19.2. The maximum atomic E-state index is 13.9. The van der Waals surface area contributed by atoms with Gasteiger partial charge in [-0.2, -0.15) is 0 Å². The van der Waals surface area contributed by atoms with Crippen LogP contribution in [-0.4, -0.2) is 87.6 Å². The molecule has 1 spiro atoms. The average Bonchev–Trinajstić information content (AvgIpc) is 3.32. The summed E-state index contributed by atoms with van der Waals surface area (Å²) in [6.45, 7) is 10.4.